The van der Waals surface area contributed by atoms with Crippen LogP contribution in [0.3, 0.4) is 0 Å². The third kappa shape index (κ3) is 6.86. The number of halogens is 2. The molecule has 1 unspecified atom stereocenters. The molecule has 0 spiro atoms. The van der Waals surface area contributed by atoms with Gasteiger partial charge in [-0.1, -0.05) is 55.7 Å². The highest BCUT2D eigenvalue weighted by atomic mass is 35.5. The first kappa shape index (κ1) is 18.5. The first-order valence-electron chi connectivity index (χ1n) is 7.94. The van der Waals surface area contributed by atoms with Gasteiger partial charge in [-0.2, -0.15) is 0 Å². The van der Waals surface area contributed by atoms with E-state index in [9.17, 15) is 0 Å². The summed E-state index contributed by atoms with van der Waals surface area (Å²) in [6, 6.07) is 8.08. The first-order valence-corrected chi connectivity index (χ1v) is 8.32. The lowest BCUT2D eigenvalue weighted by molar-refractivity contribution is 0.194. The van der Waals surface area contributed by atoms with Crippen molar-refractivity contribution >= 4 is 30.1 Å². The van der Waals surface area contributed by atoms with Crippen molar-refractivity contribution in [2.75, 3.05) is 19.6 Å². The molecule has 1 aromatic carbocycles. The molecule has 0 aliphatic carbocycles. The van der Waals surface area contributed by atoms with Gasteiger partial charge in [0.1, 0.15) is 0 Å². The fourth-order valence-corrected chi connectivity index (χ4v) is 2.98. The molecule has 1 aliphatic rings. The average molecular weight is 328 g/mol. The molecule has 1 nitrogen and oxygen atoms in total. The van der Waals surface area contributed by atoms with Crippen molar-refractivity contribution in [3.05, 3.63) is 40.9 Å². The Morgan fingerprint density at radius 2 is 2.00 bits per heavy atom. The number of piperidine rings is 1. The van der Waals surface area contributed by atoms with E-state index in [1.54, 1.807) is 0 Å². The van der Waals surface area contributed by atoms with Gasteiger partial charge >= 0.3 is 0 Å². The van der Waals surface area contributed by atoms with Crippen LogP contribution >= 0.6 is 24.0 Å². The predicted molar refractivity (Wildman–Crippen MR) is 96.4 cm³/mol. The second-order valence-corrected chi connectivity index (χ2v) is 6.26. The van der Waals surface area contributed by atoms with Gasteiger partial charge in [0.2, 0.25) is 0 Å². The first-order chi connectivity index (χ1) is 9.78. The van der Waals surface area contributed by atoms with Crippen LogP contribution in [0.5, 0.6) is 0 Å². The minimum Gasteiger partial charge on any atom is -0.303 e. The van der Waals surface area contributed by atoms with E-state index in [-0.39, 0.29) is 12.4 Å². The molecule has 0 N–H and O–H groups in total. The zero-order valence-corrected chi connectivity index (χ0v) is 14.5. The van der Waals surface area contributed by atoms with Crippen LogP contribution in [-0.4, -0.2) is 24.5 Å². The van der Waals surface area contributed by atoms with Gasteiger partial charge in [-0.15, -0.1) is 12.4 Å². The molecule has 118 valence electrons. The quantitative estimate of drug-likeness (QED) is 0.608. The summed E-state index contributed by atoms with van der Waals surface area (Å²) in [4.78, 5) is 2.63. The van der Waals surface area contributed by atoms with Crippen molar-refractivity contribution < 1.29 is 0 Å². The maximum atomic E-state index is 5.91. The summed E-state index contributed by atoms with van der Waals surface area (Å²) in [6.07, 6.45) is 11.3. The van der Waals surface area contributed by atoms with Crippen molar-refractivity contribution in [2.24, 2.45) is 5.92 Å². The Bertz CT molecular complexity index is 414. The second-order valence-electron chi connectivity index (χ2n) is 5.82. The monoisotopic (exact) mass is 327 g/mol. The standard InChI is InChI=1S/C18H26ClN.ClH/c1-2-3-4-13-20-14-5-6-17(15-20)8-7-16-9-11-18(19)12-10-16;/h7-12,17H,2-6,13-15H2,1H3;1H/b8-7+;. The molecular formula is C18H27Cl2N. The van der Waals surface area contributed by atoms with Gasteiger partial charge in [0.25, 0.3) is 0 Å². The lowest BCUT2D eigenvalue weighted by atomic mass is 9.96. The number of rotatable bonds is 6. The number of likely N-dealkylation sites (tertiary alicyclic amines) is 1. The van der Waals surface area contributed by atoms with Gasteiger partial charge in [0.15, 0.2) is 0 Å². The van der Waals surface area contributed by atoms with Gasteiger partial charge in [-0.25, -0.2) is 0 Å². The highest BCUT2D eigenvalue weighted by Crippen LogP contribution is 2.20. The topological polar surface area (TPSA) is 3.24 Å². The summed E-state index contributed by atoms with van der Waals surface area (Å²) in [5.41, 5.74) is 1.25. The number of hydrogen-bond donors (Lipinski definition) is 0. The predicted octanol–water partition coefficient (Wildman–Crippen LogP) is 5.68. The zero-order chi connectivity index (χ0) is 14.2. The number of unbranched alkanes of at least 4 members (excludes halogenated alkanes) is 2. The zero-order valence-electron chi connectivity index (χ0n) is 12.9. The number of benzene rings is 1. The van der Waals surface area contributed by atoms with E-state index in [0.29, 0.717) is 5.92 Å². The van der Waals surface area contributed by atoms with E-state index in [0.717, 1.165) is 5.02 Å². The molecule has 2 rings (SSSR count). The summed E-state index contributed by atoms with van der Waals surface area (Å²) in [5, 5.41) is 0.807. The summed E-state index contributed by atoms with van der Waals surface area (Å²) in [6.45, 7) is 6.07. The molecular weight excluding hydrogens is 301 g/mol. The molecule has 0 aromatic heterocycles. The van der Waals surface area contributed by atoms with Crippen molar-refractivity contribution in [1.82, 2.24) is 4.90 Å². The van der Waals surface area contributed by atoms with Gasteiger partial charge < -0.3 is 4.90 Å². The third-order valence-corrected chi connectivity index (χ3v) is 4.30. The Kier molecular flexibility index (Phi) is 9.07. The molecule has 0 bridgehead atoms. The van der Waals surface area contributed by atoms with E-state index >= 15 is 0 Å². The van der Waals surface area contributed by atoms with Crippen LogP contribution in [0.15, 0.2) is 30.3 Å². The highest BCUT2D eigenvalue weighted by Gasteiger charge is 2.16. The average Bonchev–Trinajstić information content (AvgIpc) is 2.47. The highest BCUT2D eigenvalue weighted by molar-refractivity contribution is 6.30. The molecule has 1 aromatic rings. The minimum atomic E-state index is 0. The third-order valence-electron chi connectivity index (χ3n) is 4.05. The van der Waals surface area contributed by atoms with Crippen LogP contribution in [0.25, 0.3) is 6.08 Å². The number of nitrogens with zero attached hydrogens (tertiary/aromatic N) is 1. The lowest BCUT2D eigenvalue weighted by Gasteiger charge is -2.31. The molecule has 1 saturated heterocycles. The largest absolute Gasteiger partial charge is 0.303 e. The van der Waals surface area contributed by atoms with Crippen LogP contribution in [0, 0.1) is 5.92 Å². The maximum absolute atomic E-state index is 5.91. The molecule has 0 saturated carbocycles. The van der Waals surface area contributed by atoms with Crippen LogP contribution in [-0.2, 0) is 0 Å². The molecule has 1 aliphatic heterocycles. The van der Waals surface area contributed by atoms with E-state index in [2.05, 4.69) is 36.1 Å². The Morgan fingerprint density at radius 1 is 1.24 bits per heavy atom. The SMILES string of the molecule is CCCCCN1CCCC(/C=C/c2ccc(Cl)cc2)C1.Cl. The molecule has 3 heteroatoms. The van der Waals surface area contributed by atoms with Crippen LogP contribution in [0.1, 0.15) is 44.6 Å². The van der Waals surface area contributed by atoms with E-state index in [4.69, 9.17) is 11.6 Å². The molecule has 21 heavy (non-hydrogen) atoms. The van der Waals surface area contributed by atoms with Gasteiger partial charge in [-0.3, -0.25) is 0 Å². The lowest BCUT2D eigenvalue weighted by Crippen LogP contribution is -2.35. The summed E-state index contributed by atoms with van der Waals surface area (Å²) < 4.78 is 0. The second kappa shape index (κ2) is 10.3. The Morgan fingerprint density at radius 3 is 2.71 bits per heavy atom. The molecule has 0 amide bonds. The summed E-state index contributed by atoms with van der Waals surface area (Å²) >= 11 is 5.91. The Balaban J connectivity index is 0.00000220. The summed E-state index contributed by atoms with van der Waals surface area (Å²) in [5.74, 6) is 0.709. The molecule has 1 fully saturated rings. The molecule has 1 heterocycles. The van der Waals surface area contributed by atoms with Gasteiger partial charge in [0, 0.05) is 11.6 Å². The fourth-order valence-electron chi connectivity index (χ4n) is 2.86. The normalized spacial score (nSPS) is 19.6. The molecule has 0 radical (unpaired) electrons. The van der Waals surface area contributed by atoms with Crippen molar-refractivity contribution in [2.45, 2.75) is 39.0 Å². The van der Waals surface area contributed by atoms with Crippen LogP contribution in [0.2, 0.25) is 5.02 Å². The van der Waals surface area contributed by atoms with E-state index < -0.39 is 0 Å². The summed E-state index contributed by atoms with van der Waals surface area (Å²) in [7, 11) is 0. The van der Waals surface area contributed by atoms with E-state index in [1.807, 2.05) is 12.1 Å². The maximum Gasteiger partial charge on any atom is 0.0406 e. The Hall–Kier alpha value is -0.500. The van der Waals surface area contributed by atoms with Gasteiger partial charge in [-0.05, 0) is 56.0 Å². The van der Waals surface area contributed by atoms with Gasteiger partial charge in [0.05, 0.1) is 0 Å². The fraction of sp³-hybridized carbons (Fsp3) is 0.556. The van der Waals surface area contributed by atoms with Crippen molar-refractivity contribution in [3.8, 4) is 0 Å². The van der Waals surface area contributed by atoms with Crippen molar-refractivity contribution in [1.29, 1.82) is 0 Å². The molecule has 1 atom stereocenters. The van der Waals surface area contributed by atoms with E-state index in [1.165, 1.54) is 57.3 Å². The van der Waals surface area contributed by atoms with Crippen molar-refractivity contribution in [3.63, 3.8) is 0 Å². The number of hydrogen-bond acceptors (Lipinski definition) is 1. The minimum absolute atomic E-state index is 0. The Labute approximate surface area is 140 Å². The van der Waals surface area contributed by atoms with Crippen LogP contribution < -0.4 is 0 Å². The van der Waals surface area contributed by atoms with Crippen LogP contribution in [0.4, 0.5) is 0 Å². The smallest absolute Gasteiger partial charge is 0.0406 e.